The van der Waals surface area contributed by atoms with Gasteiger partial charge in [-0.05, 0) is 33.3 Å². The number of benzene rings is 1. The number of non-ortho nitro benzene ring substituents is 1. The van der Waals surface area contributed by atoms with Gasteiger partial charge >= 0.3 is 0 Å². The number of aliphatic imine (C=N–C) groups is 1. The van der Waals surface area contributed by atoms with Gasteiger partial charge in [0.1, 0.15) is 0 Å². The number of nitrogens with zero attached hydrogens (tertiary/aromatic N) is 3. The topological polar surface area (TPSA) is 92.0 Å². The second-order valence-corrected chi connectivity index (χ2v) is 6.86. The van der Waals surface area contributed by atoms with Crippen LogP contribution >= 0.6 is 0 Å². The van der Waals surface area contributed by atoms with Crippen molar-refractivity contribution in [2.45, 2.75) is 46.3 Å². The lowest BCUT2D eigenvalue weighted by atomic mass is 10.2. The maximum Gasteiger partial charge on any atom is 0.269 e. The molecule has 1 aromatic rings. The maximum atomic E-state index is 10.7. The molecule has 1 rings (SSSR count). The molecule has 0 saturated heterocycles. The van der Waals surface area contributed by atoms with Crippen molar-refractivity contribution >= 4 is 11.6 Å². The fourth-order valence-electron chi connectivity index (χ4n) is 2.76. The van der Waals surface area contributed by atoms with Crippen LogP contribution in [-0.2, 0) is 11.3 Å². The average Bonchev–Trinajstić information content (AvgIpc) is 2.62. The molecular weight excluding hydrogens is 346 g/mol. The molecule has 0 amide bonds. The van der Waals surface area contributed by atoms with Crippen molar-refractivity contribution in [1.82, 2.24) is 15.5 Å². The third-order valence-corrected chi connectivity index (χ3v) is 4.15. The Morgan fingerprint density at radius 3 is 2.26 bits per heavy atom. The van der Waals surface area contributed by atoms with E-state index < -0.39 is 4.92 Å². The van der Waals surface area contributed by atoms with Crippen LogP contribution in [0, 0.1) is 10.1 Å². The molecule has 0 radical (unpaired) electrons. The monoisotopic (exact) mass is 379 g/mol. The Balaban J connectivity index is 2.66. The molecule has 0 aliphatic rings. The number of rotatable bonds is 11. The molecule has 0 aromatic heterocycles. The molecule has 0 unspecified atom stereocenters. The number of methoxy groups -OCH3 is 1. The van der Waals surface area contributed by atoms with Gasteiger partial charge in [0, 0.05) is 51.0 Å². The van der Waals surface area contributed by atoms with Crippen LogP contribution in [0.15, 0.2) is 29.3 Å². The van der Waals surface area contributed by atoms with Crippen molar-refractivity contribution in [1.29, 1.82) is 0 Å². The molecule has 1 aromatic carbocycles. The summed E-state index contributed by atoms with van der Waals surface area (Å²) in [5, 5.41) is 17.3. The highest BCUT2D eigenvalue weighted by Gasteiger charge is 2.12. The predicted octanol–water partition coefficient (Wildman–Crippen LogP) is 2.40. The first kappa shape index (κ1) is 22.9. The van der Waals surface area contributed by atoms with Crippen LogP contribution in [-0.4, -0.2) is 61.2 Å². The number of nitrogens with one attached hydrogen (secondary N) is 2. The van der Waals surface area contributed by atoms with E-state index >= 15 is 0 Å². The Morgan fingerprint density at radius 2 is 1.74 bits per heavy atom. The lowest BCUT2D eigenvalue weighted by molar-refractivity contribution is -0.384. The summed E-state index contributed by atoms with van der Waals surface area (Å²) < 4.78 is 5.08. The number of nitro benzene ring substituents is 1. The van der Waals surface area contributed by atoms with Gasteiger partial charge in [-0.1, -0.05) is 12.1 Å². The van der Waals surface area contributed by atoms with Gasteiger partial charge in [-0.3, -0.25) is 15.0 Å². The van der Waals surface area contributed by atoms with E-state index in [9.17, 15) is 10.1 Å². The molecule has 0 spiro atoms. The summed E-state index contributed by atoms with van der Waals surface area (Å²) in [5.41, 5.74) is 1.00. The summed E-state index contributed by atoms with van der Waals surface area (Å²) in [5.74, 6) is 0.706. The molecule has 0 heterocycles. The van der Waals surface area contributed by atoms with E-state index in [1.165, 1.54) is 12.1 Å². The zero-order valence-corrected chi connectivity index (χ0v) is 17.1. The Bertz CT molecular complexity index is 580. The minimum absolute atomic E-state index is 0.0850. The lowest BCUT2D eigenvalue weighted by Gasteiger charge is -2.30. The fourth-order valence-corrected chi connectivity index (χ4v) is 2.76. The molecule has 8 nitrogen and oxygen atoms in total. The molecule has 152 valence electrons. The highest BCUT2D eigenvalue weighted by Crippen LogP contribution is 2.12. The minimum Gasteiger partial charge on any atom is -0.383 e. The van der Waals surface area contributed by atoms with Crippen LogP contribution in [0.25, 0.3) is 0 Å². The molecule has 0 aliphatic carbocycles. The van der Waals surface area contributed by atoms with Crippen LogP contribution in [0.4, 0.5) is 5.69 Å². The van der Waals surface area contributed by atoms with E-state index in [1.807, 2.05) is 0 Å². The second-order valence-electron chi connectivity index (χ2n) is 6.86. The van der Waals surface area contributed by atoms with Crippen molar-refractivity contribution < 1.29 is 9.66 Å². The normalized spacial score (nSPS) is 12.1. The van der Waals surface area contributed by atoms with E-state index in [-0.39, 0.29) is 5.69 Å². The molecule has 0 saturated carbocycles. The lowest BCUT2D eigenvalue weighted by Crippen LogP contribution is -2.45. The van der Waals surface area contributed by atoms with Gasteiger partial charge in [0.25, 0.3) is 5.69 Å². The number of hydrogen-bond donors (Lipinski definition) is 2. The quantitative estimate of drug-likeness (QED) is 0.202. The van der Waals surface area contributed by atoms with E-state index in [4.69, 9.17) is 4.74 Å². The van der Waals surface area contributed by atoms with E-state index in [1.54, 1.807) is 19.2 Å². The zero-order valence-electron chi connectivity index (χ0n) is 17.1. The number of guanidine groups is 1. The summed E-state index contributed by atoms with van der Waals surface area (Å²) in [6, 6.07) is 7.42. The molecular formula is C19H33N5O3. The maximum absolute atomic E-state index is 10.7. The van der Waals surface area contributed by atoms with Crippen LogP contribution in [0.2, 0.25) is 0 Å². The van der Waals surface area contributed by atoms with Crippen molar-refractivity contribution in [3.05, 3.63) is 39.9 Å². The van der Waals surface area contributed by atoms with E-state index in [2.05, 4.69) is 48.2 Å². The molecule has 2 N–H and O–H groups in total. The summed E-state index contributed by atoms with van der Waals surface area (Å²) in [7, 11) is 1.66. The molecule has 27 heavy (non-hydrogen) atoms. The first-order chi connectivity index (χ1) is 12.8. The molecule has 0 atom stereocenters. The van der Waals surface area contributed by atoms with Gasteiger partial charge < -0.3 is 15.4 Å². The predicted molar refractivity (Wildman–Crippen MR) is 109 cm³/mol. The van der Waals surface area contributed by atoms with Crippen LogP contribution < -0.4 is 10.6 Å². The number of hydrogen-bond acceptors (Lipinski definition) is 5. The van der Waals surface area contributed by atoms with Gasteiger partial charge in [0.05, 0.1) is 18.1 Å². The minimum atomic E-state index is -0.401. The third kappa shape index (κ3) is 8.83. The fraction of sp³-hybridized carbons (Fsp3) is 0.632. The largest absolute Gasteiger partial charge is 0.383 e. The highest BCUT2D eigenvalue weighted by molar-refractivity contribution is 5.79. The SMILES string of the molecule is COCCNC(=NCc1ccc([N+](=O)[O-])cc1)NCCN(C(C)C)C(C)C. The Hall–Kier alpha value is -2.19. The van der Waals surface area contributed by atoms with Crippen LogP contribution in [0.1, 0.15) is 33.3 Å². The number of nitro groups is 1. The smallest absolute Gasteiger partial charge is 0.269 e. The summed E-state index contributed by atoms with van der Waals surface area (Å²) in [4.78, 5) is 17.3. The first-order valence-corrected chi connectivity index (χ1v) is 9.35. The summed E-state index contributed by atoms with van der Waals surface area (Å²) in [6.07, 6.45) is 0. The molecule has 0 fully saturated rings. The molecule has 8 heteroatoms. The summed E-state index contributed by atoms with van der Waals surface area (Å²) in [6.45, 7) is 12.1. The Kier molecular flexibility index (Phi) is 10.4. The second kappa shape index (κ2) is 12.2. The van der Waals surface area contributed by atoms with Crippen molar-refractivity contribution in [3.63, 3.8) is 0 Å². The Labute approximate surface area is 162 Å². The van der Waals surface area contributed by atoms with Crippen LogP contribution in [0.5, 0.6) is 0 Å². The van der Waals surface area contributed by atoms with Gasteiger partial charge in [-0.25, -0.2) is 4.99 Å². The highest BCUT2D eigenvalue weighted by atomic mass is 16.6. The van der Waals surface area contributed by atoms with Gasteiger partial charge in [0.15, 0.2) is 5.96 Å². The van der Waals surface area contributed by atoms with Crippen molar-refractivity contribution in [3.8, 4) is 0 Å². The van der Waals surface area contributed by atoms with Gasteiger partial charge in [-0.15, -0.1) is 0 Å². The molecule has 0 aliphatic heterocycles. The van der Waals surface area contributed by atoms with E-state index in [0.29, 0.717) is 37.7 Å². The van der Waals surface area contributed by atoms with Crippen molar-refractivity contribution in [2.75, 3.05) is 33.4 Å². The van der Waals surface area contributed by atoms with E-state index in [0.717, 1.165) is 18.7 Å². The van der Waals surface area contributed by atoms with Gasteiger partial charge in [-0.2, -0.15) is 0 Å². The first-order valence-electron chi connectivity index (χ1n) is 9.35. The average molecular weight is 380 g/mol. The van der Waals surface area contributed by atoms with Crippen molar-refractivity contribution in [2.24, 2.45) is 4.99 Å². The standard InChI is InChI=1S/C19H33N5O3/c1-15(2)23(16(3)4)12-10-20-19(21-11-13-27-5)22-14-17-6-8-18(9-7-17)24(25)26/h6-9,15-16H,10-14H2,1-5H3,(H2,20,21,22). The zero-order chi connectivity index (χ0) is 20.2. The molecule has 0 bridgehead atoms. The number of ether oxygens (including phenoxy) is 1. The van der Waals surface area contributed by atoms with Crippen LogP contribution in [0.3, 0.4) is 0 Å². The summed E-state index contributed by atoms with van der Waals surface area (Å²) >= 11 is 0. The third-order valence-electron chi connectivity index (χ3n) is 4.15. The Morgan fingerprint density at radius 1 is 1.15 bits per heavy atom. The van der Waals surface area contributed by atoms with Gasteiger partial charge in [0.2, 0.25) is 0 Å².